The molecule has 3 heteroatoms. The number of rotatable bonds is 34. The van der Waals surface area contributed by atoms with Crippen molar-refractivity contribution in [2.45, 2.75) is 174 Å². The van der Waals surface area contributed by atoms with Gasteiger partial charge in [0.2, 0.25) is 0 Å². The van der Waals surface area contributed by atoms with Crippen LogP contribution in [0.4, 0.5) is 0 Å². The predicted molar refractivity (Wildman–Crippen MR) is 188 cm³/mol. The lowest BCUT2D eigenvalue weighted by atomic mass is 10.1. The number of hydrogen-bond acceptors (Lipinski definition) is 3. The summed E-state index contributed by atoms with van der Waals surface area (Å²) < 4.78 is 11.8. The highest BCUT2D eigenvalue weighted by Gasteiger charge is 2.06. The molecule has 0 saturated carbocycles. The first-order valence-electron chi connectivity index (χ1n) is 18.3. The lowest BCUT2D eigenvalue weighted by molar-refractivity contribution is -0.0136. The molecule has 42 heavy (non-hydrogen) atoms. The normalized spacial score (nSPS) is 13.1. The summed E-state index contributed by atoms with van der Waals surface area (Å²) in [5.41, 5.74) is 5.90. The molecule has 0 aromatic rings. The fourth-order valence-corrected chi connectivity index (χ4v) is 4.93. The SMILES string of the molecule is CCCCC/C=C\C/C=C\CCCCCCCCOC[C@H](CN)OCCCCCCCC/C=C\C/C=C\CCCCC. The number of hydrogen-bond donors (Lipinski definition) is 1. The van der Waals surface area contributed by atoms with Gasteiger partial charge in [-0.05, 0) is 77.0 Å². The van der Waals surface area contributed by atoms with Gasteiger partial charge < -0.3 is 15.2 Å². The molecule has 1 atom stereocenters. The minimum absolute atomic E-state index is 0.0487. The van der Waals surface area contributed by atoms with E-state index in [4.69, 9.17) is 15.2 Å². The Hall–Kier alpha value is -1.16. The minimum atomic E-state index is 0.0487. The van der Waals surface area contributed by atoms with Crippen LogP contribution in [-0.4, -0.2) is 32.5 Å². The molecule has 0 saturated heterocycles. The van der Waals surface area contributed by atoms with Crippen LogP contribution in [0.25, 0.3) is 0 Å². The average molecular weight is 588 g/mol. The molecule has 0 unspecified atom stereocenters. The van der Waals surface area contributed by atoms with Gasteiger partial charge in [-0.1, -0.05) is 140 Å². The molecule has 3 nitrogen and oxygen atoms in total. The Morgan fingerprint density at radius 2 is 0.833 bits per heavy atom. The molecule has 0 rings (SSSR count). The summed E-state index contributed by atoms with van der Waals surface area (Å²) in [4.78, 5) is 0. The van der Waals surface area contributed by atoms with E-state index in [0.717, 1.165) is 38.9 Å². The fourth-order valence-electron chi connectivity index (χ4n) is 4.93. The van der Waals surface area contributed by atoms with Gasteiger partial charge in [-0.15, -0.1) is 0 Å². The van der Waals surface area contributed by atoms with E-state index in [2.05, 4.69) is 62.5 Å². The Bertz CT molecular complexity index is 610. The topological polar surface area (TPSA) is 44.5 Å². The summed E-state index contributed by atoms with van der Waals surface area (Å²) >= 11 is 0. The Balaban J connectivity index is 3.38. The highest BCUT2D eigenvalue weighted by atomic mass is 16.5. The average Bonchev–Trinajstić information content (AvgIpc) is 3.00. The van der Waals surface area contributed by atoms with E-state index >= 15 is 0 Å². The van der Waals surface area contributed by atoms with Crippen molar-refractivity contribution in [3.8, 4) is 0 Å². The molecule has 0 bridgehead atoms. The summed E-state index contributed by atoms with van der Waals surface area (Å²) in [6, 6.07) is 0. The first-order valence-corrected chi connectivity index (χ1v) is 18.3. The van der Waals surface area contributed by atoms with Gasteiger partial charge in [-0.25, -0.2) is 0 Å². The third kappa shape index (κ3) is 35.0. The molecule has 0 fully saturated rings. The van der Waals surface area contributed by atoms with Crippen LogP contribution in [0.15, 0.2) is 48.6 Å². The monoisotopic (exact) mass is 588 g/mol. The number of unbranched alkanes of at least 4 members (excludes halogenated alkanes) is 18. The van der Waals surface area contributed by atoms with Crippen LogP contribution in [0.5, 0.6) is 0 Å². The van der Waals surface area contributed by atoms with Crippen molar-refractivity contribution in [2.75, 3.05) is 26.4 Å². The first kappa shape index (κ1) is 40.8. The van der Waals surface area contributed by atoms with Crippen LogP contribution in [0.1, 0.15) is 168 Å². The first-order chi connectivity index (χ1) is 20.8. The zero-order valence-corrected chi connectivity index (χ0v) is 28.4. The third-order valence-corrected chi connectivity index (χ3v) is 7.75. The number of ether oxygens (including phenoxy) is 2. The smallest absolute Gasteiger partial charge is 0.0930 e. The second-order valence-corrected chi connectivity index (χ2v) is 12.0. The minimum Gasteiger partial charge on any atom is -0.379 e. The maximum absolute atomic E-state index is 5.97. The zero-order valence-electron chi connectivity index (χ0n) is 28.4. The summed E-state index contributed by atoms with van der Waals surface area (Å²) in [5.74, 6) is 0. The van der Waals surface area contributed by atoms with Crippen molar-refractivity contribution in [2.24, 2.45) is 5.73 Å². The number of allylic oxidation sites excluding steroid dienone is 8. The van der Waals surface area contributed by atoms with Crippen molar-refractivity contribution in [3.05, 3.63) is 48.6 Å². The molecule has 0 radical (unpaired) electrons. The quantitative estimate of drug-likeness (QED) is 0.0601. The van der Waals surface area contributed by atoms with E-state index < -0.39 is 0 Å². The van der Waals surface area contributed by atoms with Crippen LogP contribution in [0, 0.1) is 0 Å². The summed E-state index contributed by atoms with van der Waals surface area (Å²) in [5, 5.41) is 0. The van der Waals surface area contributed by atoms with Crippen molar-refractivity contribution in [3.63, 3.8) is 0 Å². The van der Waals surface area contributed by atoms with E-state index in [1.54, 1.807) is 0 Å². The van der Waals surface area contributed by atoms with Gasteiger partial charge in [0.15, 0.2) is 0 Å². The highest BCUT2D eigenvalue weighted by Crippen LogP contribution is 2.10. The standard InChI is InChI=1S/C39H73NO2/c1-3-5-7-9-11-13-15-17-19-21-23-25-27-29-31-33-35-41-38-39(37-40)42-36-34-32-30-28-26-24-22-20-18-16-14-12-10-8-6-4-2/h11-14,17-20,39H,3-10,15-16,21-38,40H2,1-2H3/b13-11-,14-12-,19-17-,20-18-/t39-/m0/s1. The molecular weight excluding hydrogens is 514 g/mol. The van der Waals surface area contributed by atoms with E-state index in [1.807, 2.05) is 0 Å². The maximum Gasteiger partial charge on any atom is 0.0930 e. The highest BCUT2D eigenvalue weighted by molar-refractivity contribution is 4.93. The van der Waals surface area contributed by atoms with Crippen LogP contribution in [-0.2, 0) is 9.47 Å². The van der Waals surface area contributed by atoms with Crippen molar-refractivity contribution in [1.82, 2.24) is 0 Å². The van der Waals surface area contributed by atoms with Gasteiger partial charge in [-0.2, -0.15) is 0 Å². The van der Waals surface area contributed by atoms with Gasteiger partial charge in [-0.3, -0.25) is 0 Å². The largest absolute Gasteiger partial charge is 0.379 e. The third-order valence-electron chi connectivity index (χ3n) is 7.75. The Morgan fingerprint density at radius 1 is 0.452 bits per heavy atom. The number of nitrogens with two attached hydrogens (primary N) is 1. The van der Waals surface area contributed by atoms with Crippen LogP contribution in [0.3, 0.4) is 0 Å². The van der Waals surface area contributed by atoms with E-state index in [0.29, 0.717) is 13.2 Å². The molecule has 0 aliphatic carbocycles. The van der Waals surface area contributed by atoms with Crippen molar-refractivity contribution < 1.29 is 9.47 Å². The van der Waals surface area contributed by atoms with E-state index in [9.17, 15) is 0 Å². The van der Waals surface area contributed by atoms with Crippen molar-refractivity contribution in [1.29, 1.82) is 0 Å². The van der Waals surface area contributed by atoms with Gasteiger partial charge in [0, 0.05) is 19.8 Å². The maximum atomic E-state index is 5.97. The molecule has 0 aromatic carbocycles. The molecule has 0 amide bonds. The second-order valence-electron chi connectivity index (χ2n) is 12.0. The summed E-state index contributed by atoms with van der Waals surface area (Å²) in [6.07, 6.45) is 49.3. The summed E-state index contributed by atoms with van der Waals surface area (Å²) in [6.45, 7) is 7.35. The Morgan fingerprint density at radius 3 is 1.26 bits per heavy atom. The fraction of sp³-hybridized carbons (Fsp3) is 0.795. The van der Waals surface area contributed by atoms with Crippen LogP contribution < -0.4 is 5.73 Å². The van der Waals surface area contributed by atoms with E-state index in [1.165, 1.54) is 128 Å². The van der Waals surface area contributed by atoms with Gasteiger partial charge in [0.25, 0.3) is 0 Å². The predicted octanol–water partition coefficient (Wildman–Crippen LogP) is 12.0. The molecule has 0 aliphatic heterocycles. The molecule has 0 heterocycles. The Kier molecular flexibility index (Phi) is 36.8. The van der Waals surface area contributed by atoms with Gasteiger partial charge in [0.05, 0.1) is 12.7 Å². The molecular formula is C39H73NO2. The molecule has 246 valence electrons. The van der Waals surface area contributed by atoms with Crippen molar-refractivity contribution >= 4 is 0 Å². The molecule has 0 aromatic heterocycles. The second kappa shape index (κ2) is 37.9. The van der Waals surface area contributed by atoms with E-state index in [-0.39, 0.29) is 6.10 Å². The van der Waals surface area contributed by atoms with Crippen LogP contribution >= 0.6 is 0 Å². The summed E-state index contributed by atoms with van der Waals surface area (Å²) in [7, 11) is 0. The Labute approximate surface area is 263 Å². The zero-order chi connectivity index (χ0) is 30.4. The van der Waals surface area contributed by atoms with Crippen LogP contribution in [0.2, 0.25) is 0 Å². The van der Waals surface area contributed by atoms with Gasteiger partial charge in [0.1, 0.15) is 0 Å². The van der Waals surface area contributed by atoms with Gasteiger partial charge >= 0.3 is 0 Å². The molecule has 0 spiro atoms. The molecule has 2 N–H and O–H groups in total. The lowest BCUT2D eigenvalue weighted by Crippen LogP contribution is -2.29. The molecule has 0 aliphatic rings. The lowest BCUT2D eigenvalue weighted by Gasteiger charge is -2.16.